The number of rotatable bonds is 5. The molecule has 0 aromatic carbocycles. The molecule has 0 aliphatic carbocycles. The van der Waals surface area contributed by atoms with Crippen LogP contribution in [0.4, 0.5) is 0 Å². The number of β-amino-alcohol motifs (C(OH)–C–C–N with tert-alkyl or cyclic N) is 1. The van der Waals surface area contributed by atoms with Crippen molar-refractivity contribution < 1.29 is 24.2 Å². The van der Waals surface area contributed by atoms with Gasteiger partial charge in [-0.1, -0.05) is 0 Å². The van der Waals surface area contributed by atoms with Crippen LogP contribution in [0.15, 0.2) is 4.63 Å². The highest BCUT2D eigenvalue weighted by atomic mass is 17.0. The summed E-state index contributed by atoms with van der Waals surface area (Å²) in [7, 11) is 0. The average Bonchev–Trinajstić information content (AvgIpc) is 3.13. The Morgan fingerprint density at radius 2 is 2.05 bits per heavy atom. The molecule has 1 aromatic rings. The number of carbonyl (C=O) groups excluding carboxylic acids is 2. The second-order valence-corrected chi connectivity index (χ2v) is 5.05. The number of piperidine rings is 1. The molecule has 2 fully saturated rings. The number of nitrogens with zero attached hydrogens (tertiary/aromatic N) is 4. The van der Waals surface area contributed by atoms with Crippen LogP contribution in [0.1, 0.15) is 25.7 Å². The van der Waals surface area contributed by atoms with Gasteiger partial charge in [0.1, 0.15) is 11.6 Å². The van der Waals surface area contributed by atoms with Gasteiger partial charge in [0.2, 0.25) is 11.8 Å². The van der Waals surface area contributed by atoms with E-state index in [1.54, 1.807) is 0 Å². The van der Waals surface area contributed by atoms with Gasteiger partial charge >= 0.3 is 0 Å². The van der Waals surface area contributed by atoms with Crippen LogP contribution in [0.5, 0.6) is 0 Å². The zero-order valence-corrected chi connectivity index (χ0v) is 11.1. The highest BCUT2D eigenvalue weighted by Crippen LogP contribution is 2.12. The SMILES string of the molecule is O=C1CCC(=O)N1CCOn1on1N1CCCC(O)C1. The van der Waals surface area contributed by atoms with E-state index in [9.17, 15) is 14.7 Å². The standard InChI is InChI=1S/C11H18N4O5/c16-9-2-1-5-12(8-9)14-15(20-14)19-7-6-13-10(17)3-4-11(13)18/h9,16H,1-8H2. The van der Waals surface area contributed by atoms with Crippen LogP contribution in [0.25, 0.3) is 0 Å². The minimum atomic E-state index is -0.352. The van der Waals surface area contributed by atoms with E-state index in [2.05, 4.69) is 0 Å². The third kappa shape index (κ3) is 2.67. The third-order valence-electron chi connectivity index (χ3n) is 3.55. The van der Waals surface area contributed by atoms with E-state index < -0.39 is 0 Å². The van der Waals surface area contributed by atoms with Crippen molar-refractivity contribution >= 4 is 11.8 Å². The summed E-state index contributed by atoms with van der Waals surface area (Å²) in [5, 5.41) is 12.6. The summed E-state index contributed by atoms with van der Waals surface area (Å²) in [5.41, 5.74) is 0. The number of hydrogen-bond donors (Lipinski definition) is 1. The first-order chi connectivity index (χ1) is 9.65. The molecule has 2 aliphatic heterocycles. The van der Waals surface area contributed by atoms with Crippen LogP contribution >= 0.6 is 0 Å². The molecule has 2 saturated heterocycles. The Hall–Kier alpha value is -1.90. The molecule has 1 N–H and O–H groups in total. The van der Waals surface area contributed by atoms with E-state index in [1.165, 1.54) is 14.9 Å². The first-order valence-corrected chi connectivity index (χ1v) is 6.82. The molecule has 2 aliphatic rings. The van der Waals surface area contributed by atoms with Gasteiger partial charge in [0.15, 0.2) is 0 Å². The van der Waals surface area contributed by atoms with Gasteiger partial charge in [-0.3, -0.25) is 19.5 Å². The fraction of sp³-hybridized carbons (Fsp3) is 0.818. The molecule has 0 saturated carbocycles. The van der Waals surface area contributed by atoms with Gasteiger partial charge in [-0.2, -0.15) is 4.63 Å². The lowest BCUT2D eigenvalue weighted by atomic mass is 10.1. The van der Waals surface area contributed by atoms with Gasteiger partial charge in [0, 0.05) is 24.3 Å². The van der Waals surface area contributed by atoms with Crippen molar-refractivity contribution in [2.45, 2.75) is 31.8 Å². The molecule has 2 amide bonds. The molecule has 1 aromatic heterocycles. The molecular formula is C11H18N4O5. The van der Waals surface area contributed by atoms with E-state index in [0.29, 0.717) is 6.54 Å². The monoisotopic (exact) mass is 286 g/mol. The largest absolute Gasteiger partial charge is 0.391 e. The molecule has 1 atom stereocenters. The van der Waals surface area contributed by atoms with E-state index in [-0.39, 0.29) is 43.9 Å². The zero-order chi connectivity index (χ0) is 14.1. The lowest BCUT2D eigenvalue weighted by molar-refractivity contribution is -0.139. The average molecular weight is 286 g/mol. The van der Waals surface area contributed by atoms with Crippen LogP contribution in [-0.4, -0.2) is 64.1 Å². The number of likely N-dealkylation sites (tertiary alicyclic amines) is 1. The number of aliphatic hydroxyl groups excluding tert-OH is 1. The fourth-order valence-corrected chi connectivity index (χ4v) is 2.45. The third-order valence-corrected chi connectivity index (χ3v) is 3.55. The van der Waals surface area contributed by atoms with Gasteiger partial charge in [0.25, 0.3) is 0 Å². The number of aromatic nitrogens is 2. The van der Waals surface area contributed by atoms with Crippen molar-refractivity contribution in [3.8, 4) is 0 Å². The maximum absolute atomic E-state index is 11.4. The fourth-order valence-electron chi connectivity index (χ4n) is 2.45. The van der Waals surface area contributed by atoms with Crippen molar-refractivity contribution in [1.82, 2.24) is 14.9 Å². The Morgan fingerprint density at radius 1 is 1.30 bits per heavy atom. The first-order valence-electron chi connectivity index (χ1n) is 6.82. The van der Waals surface area contributed by atoms with Gasteiger partial charge < -0.3 is 9.94 Å². The maximum atomic E-state index is 11.4. The molecule has 9 nitrogen and oxygen atoms in total. The smallest absolute Gasteiger partial charge is 0.229 e. The molecule has 0 radical (unpaired) electrons. The second kappa shape index (κ2) is 5.23. The molecule has 3 rings (SSSR count). The van der Waals surface area contributed by atoms with E-state index in [1.807, 2.05) is 5.01 Å². The molecule has 112 valence electrons. The van der Waals surface area contributed by atoms with Crippen LogP contribution in [-0.2, 0) is 9.59 Å². The van der Waals surface area contributed by atoms with Crippen LogP contribution in [0.2, 0.25) is 0 Å². The van der Waals surface area contributed by atoms with Crippen molar-refractivity contribution in [2.24, 2.45) is 0 Å². The Balaban J connectivity index is 1.42. The summed E-state index contributed by atoms with van der Waals surface area (Å²) in [5.74, 6) is -0.303. The minimum absolute atomic E-state index is 0.152. The lowest BCUT2D eigenvalue weighted by Gasteiger charge is -2.26. The second-order valence-electron chi connectivity index (χ2n) is 5.05. The molecule has 1 unspecified atom stereocenters. The number of imide groups is 1. The van der Waals surface area contributed by atoms with Gasteiger partial charge in [-0.25, -0.2) is 0 Å². The van der Waals surface area contributed by atoms with Crippen molar-refractivity contribution in [1.29, 1.82) is 0 Å². The Kier molecular flexibility index (Phi) is 3.43. The Morgan fingerprint density at radius 3 is 2.75 bits per heavy atom. The number of amides is 2. The van der Waals surface area contributed by atoms with Gasteiger partial charge in [-0.05, 0) is 12.8 Å². The molecule has 9 heteroatoms. The predicted octanol–water partition coefficient (Wildman–Crippen LogP) is -1.45. The molecule has 3 heterocycles. The summed E-state index contributed by atoms with van der Waals surface area (Å²) in [6, 6.07) is 0. The Labute approximate surface area is 115 Å². The zero-order valence-electron chi connectivity index (χ0n) is 11.1. The quantitative estimate of drug-likeness (QED) is 0.666. The molecule has 20 heavy (non-hydrogen) atoms. The lowest BCUT2D eigenvalue weighted by Crippen LogP contribution is -2.44. The summed E-state index contributed by atoms with van der Waals surface area (Å²) >= 11 is 0. The molecule has 0 bridgehead atoms. The first kappa shape index (κ1) is 13.1. The van der Waals surface area contributed by atoms with Crippen molar-refractivity contribution in [2.75, 3.05) is 31.3 Å². The number of aliphatic hydroxyl groups is 1. The summed E-state index contributed by atoms with van der Waals surface area (Å²) in [6.45, 7) is 1.71. The molecular weight excluding hydrogens is 268 g/mol. The van der Waals surface area contributed by atoms with Crippen LogP contribution in [0.3, 0.4) is 0 Å². The van der Waals surface area contributed by atoms with Gasteiger partial charge in [-0.15, -0.1) is 0 Å². The van der Waals surface area contributed by atoms with E-state index in [0.717, 1.165) is 19.4 Å². The highest BCUT2D eigenvalue weighted by Gasteiger charge is 2.30. The maximum Gasteiger partial charge on any atom is 0.229 e. The summed E-state index contributed by atoms with van der Waals surface area (Å²) in [4.78, 5) is 30.7. The van der Waals surface area contributed by atoms with Gasteiger partial charge in [0.05, 0.1) is 19.2 Å². The summed E-state index contributed by atoms with van der Waals surface area (Å²) < 4.78 is 5.09. The normalized spacial score (nSPS) is 23.9. The Bertz CT molecular complexity index is 474. The van der Waals surface area contributed by atoms with E-state index in [4.69, 9.17) is 9.47 Å². The predicted molar refractivity (Wildman–Crippen MR) is 65.3 cm³/mol. The van der Waals surface area contributed by atoms with Crippen LogP contribution in [0, 0.1) is 0 Å². The van der Waals surface area contributed by atoms with E-state index >= 15 is 0 Å². The topological polar surface area (TPSA) is 93.1 Å². The van der Waals surface area contributed by atoms with Crippen LogP contribution < -0.4 is 9.85 Å². The minimum Gasteiger partial charge on any atom is -0.391 e. The number of carbonyl (C=O) groups is 2. The van der Waals surface area contributed by atoms with Crippen molar-refractivity contribution in [3.05, 3.63) is 0 Å². The van der Waals surface area contributed by atoms with Crippen molar-refractivity contribution in [3.63, 3.8) is 0 Å². The highest BCUT2D eigenvalue weighted by molar-refractivity contribution is 6.01. The molecule has 0 spiro atoms. The number of hydrogen-bond acceptors (Lipinski definition) is 6. The summed E-state index contributed by atoms with van der Waals surface area (Å²) in [6.07, 6.45) is 1.92.